The average Bonchev–Trinajstić information content (AvgIpc) is 3.18. The van der Waals surface area contributed by atoms with E-state index < -0.39 is 27.9 Å². The van der Waals surface area contributed by atoms with Crippen LogP contribution in [0.2, 0.25) is 0 Å². The van der Waals surface area contributed by atoms with Gasteiger partial charge in [-0.15, -0.1) is 0 Å². The van der Waals surface area contributed by atoms with Gasteiger partial charge in [-0.1, -0.05) is 18.2 Å². The van der Waals surface area contributed by atoms with Crippen molar-refractivity contribution in [3.63, 3.8) is 0 Å². The molecule has 10 heteroatoms. The first-order valence-electron chi connectivity index (χ1n) is 8.53. The summed E-state index contributed by atoms with van der Waals surface area (Å²) in [5, 5.41) is 1.67. The van der Waals surface area contributed by atoms with E-state index in [2.05, 4.69) is 0 Å². The fraction of sp³-hybridized carbons (Fsp3) is 0.100. The van der Waals surface area contributed by atoms with Crippen LogP contribution < -0.4 is 5.32 Å². The zero-order valence-electron chi connectivity index (χ0n) is 15.5. The van der Waals surface area contributed by atoms with Crippen molar-refractivity contribution in [2.75, 3.05) is 5.32 Å². The van der Waals surface area contributed by atoms with E-state index in [-0.39, 0.29) is 21.8 Å². The molecule has 0 saturated heterocycles. The first-order chi connectivity index (χ1) is 14.0. The number of hydrogen-bond acceptors (Lipinski definition) is 4. The summed E-state index contributed by atoms with van der Waals surface area (Å²) in [4.78, 5) is 23.9. The Bertz CT molecular complexity index is 1210. The molecule has 1 aromatic heterocycles. The van der Waals surface area contributed by atoms with Gasteiger partial charge in [-0.3, -0.25) is 9.59 Å². The molecule has 3 rings (SSSR count). The van der Waals surface area contributed by atoms with Crippen molar-refractivity contribution in [3.8, 4) is 0 Å². The van der Waals surface area contributed by atoms with Gasteiger partial charge < -0.3 is 5.32 Å². The van der Waals surface area contributed by atoms with E-state index in [1.807, 2.05) is 0 Å². The predicted molar refractivity (Wildman–Crippen MR) is 103 cm³/mol. The first kappa shape index (κ1) is 21.3. The third-order valence-electron chi connectivity index (χ3n) is 4.24. The lowest BCUT2D eigenvalue weighted by molar-refractivity contribution is -0.167. The van der Waals surface area contributed by atoms with Crippen LogP contribution >= 0.6 is 0 Å². The maximum Gasteiger partial charge on any atom is 0.471 e. The molecule has 0 aliphatic rings. The smallest absolute Gasteiger partial charge is 0.318 e. The first-order valence-corrected chi connectivity index (χ1v) is 9.97. The minimum atomic E-state index is -5.04. The van der Waals surface area contributed by atoms with Gasteiger partial charge in [-0.2, -0.15) is 13.2 Å². The van der Waals surface area contributed by atoms with E-state index in [0.29, 0.717) is 5.56 Å². The highest BCUT2D eigenvalue weighted by Crippen LogP contribution is 2.23. The van der Waals surface area contributed by atoms with Crippen molar-refractivity contribution >= 4 is 27.4 Å². The molecule has 0 saturated carbocycles. The lowest BCUT2D eigenvalue weighted by atomic mass is 10.1. The third-order valence-corrected chi connectivity index (χ3v) is 6.09. The van der Waals surface area contributed by atoms with Crippen molar-refractivity contribution in [2.45, 2.75) is 18.0 Å². The van der Waals surface area contributed by atoms with Crippen LogP contribution in [0.3, 0.4) is 0 Å². The summed E-state index contributed by atoms with van der Waals surface area (Å²) in [6, 6.07) is 13.7. The maximum absolute atomic E-state index is 13.0. The van der Waals surface area contributed by atoms with Crippen molar-refractivity contribution in [2.24, 2.45) is 0 Å². The molecular weight excluding hydrogens is 421 g/mol. The zero-order chi connectivity index (χ0) is 22.1. The Labute approximate surface area is 170 Å². The Kier molecular flexibility index (Phi) is 5.53. The molecule has 0 radical (unpaired) electrons. The topological polar surface area (TPSA) is 85.2 Å². The summed E-state index contributed by atoms with van der Waals surface area (Å²) >= 11 is 0. The van der Waals surface area contributed by atoms with Gasteiger partial charge in [0, 0.05) is 17.4 Å². The Hall–Kier alpha value is -3.40. The van der Waals surface area contributed by atoms with Crippen LogP contribution in [0.5, 0.6) is 0 Å². The largest absolute Gasteiger partial charge is 0.471 e. The van der Waals surface area contributed by atoms with Crippen molar-refractivity contribution in [1.82, 2.24) is 3.97 Å². The summed E-state index contributed by atoms with van der Waals surface area (Å²) in [6.45, 7) is 1.63. The molecule has 2 aromatic carbocycles. The molecule has 6 nitrogen and oxygen atoms in total. The number of hydrogen-bond donors (Lipinski definition) is 1. The van der Waals surface area contributed by atoms with Gasteiger partial charge in [0.2, 0.25) is 5.78 Å². The molecular formula is C20H15F3N2O4S. The van der Waals surface area contributed by atoms with Crippen molar-refractivity contribution in [3.05, 3.63) is 83.7 Å². The molecule has 0 spiro atoms. The summed E-state index contributed by atoms with van der Waals surface area (Å²) < 4.78 is 63.8. The molecule has 0 bridgehead atoms. The second kappa shape index (κ2) is 7.79. The predicted octanol–water partition coefficient (Wildman–Crippen LogP) is 3.77. The minimum Gasteiger partial charge on any atom is -0.318 e. The van der Waals surface area contributed by atoms with E-state index in [0.717, 1.165) is 16.1 Å². The molecule has 0 aliphatic heterocycles. The molecule has 0 aliphatic carbocycles. The molecule has 0 unspecified atom stereocenters. The number of carbonyl (C=O) groups is 2. The van der Waals surface area contributed by atoms with E-state index in [1.54, 1.807) is 30.4 Å². The summed E-state index contributed by atoms with van der Waals surface area (Å²) in [5.41, 5.74) is 0.261. The number of anilines is 1. The second-order valence-corrected chi connectivity index (χ2v) is 8.10. The second-order valence-electron chi connectivity index (χ2n) is 6.32. The number of rotatable bonds is 5. The fourth-order valence-electron chi connectivity index (χ4n) is 2.76. The Morgan fingerprint density at radius 1 is 0.933 bits per heavy atom. The van der Waals surface area contributed by atoms with E-state index >= 15 is 0 Å². The summed E-state index contributed by atoms with van der Waals surface area (Å²) in [7, 11) is -4.04. The van der Waals surface area contributed by atoms with Crippen LogP contribution in [0.4, 0.5) is 18.9 Å². The molecule has 30 heavy (non-hydrogen) atoms. The standard InChI is InChI=1S/C20H15F3N2O4S/c1-13-5-2-3-7-17(13)30(28,29)25-12-4-6-16(25)18(26)14-8-10-15(11-9-14)24-19(27)20(21,22)23/h2-12H,1H3,(H,24,27). The molecule has 1 heterocycles. The number of ketones is 1. The number of alkyl halides is 3. The zero-order valence-corrected chi connectivity index (χ0v) is 16.3. The lowest BCUT2D eigenvalue weighted by Gasteiger charge is -2.12. The van der Waals surface area contributed by atoms with E-state index in [1.165, 1.54) is 36.5 Å². The highest BCUT2D eigenvalue weighted by atomic mass is 32.2. The van der Waals surface area contributed by atoms with Gasteiger partial charge in [0.25, 0.3) is 10.0 Å². The number of benzene rings is 2. The SMILES string of the molecule is Cc1ccccc1S(=O)(=O)n1cccc1C(=O)c1ccc(NC(=O)C(F)(F)F)cc1. The highest BCUT2D eigenvalue weighted by Gasteiger charge is 2.38. The molecule has 1 N–H and O–H groups in total. The quantitative estimate of drug-likeness (QED) is 0.617. The van der Waals surface area contributed by atoms with Crippen LogP contribution in [0.15, 0.2) is 71.8 Å². The summed E-state index contributed by atoms with van der Waals surface area (Å²) in [5.74, 6) is -2.79. The Morgan fingerprint density at radius 2 is 1.57 bits per heavy atom. The van der Waals surface area contributed by atoms with Crippen LogP contribution in [0, 0.1) is 6.92 Å². The van der Waals surface area contributed by atoms with Gasteiger partial charge in [0.15, 0.2) is 0 Å². The normalized spacial score (nSPS) is 11.9. The van der Waals surface area contributed by atoms with Gasteiger partial charge in [-0.05, 0) is 55.0 Å². The molecule has 3 aromatic rings. The summed E-state index contributed by atoms with van der Waals surface area (Å²) in [6.07, 6.45) is -3.80. The molecule has 0 atom stereocenters. The lowest BCUT2D eigenvalue weighted by Crippen LogP contribution is -2.29. The maximum atomic E-state index is 13.0. The third kappa shape index (κ3) is 4.13. The molecule has 1 amide bonds. The fourth-order valence-corrected chi connectivity index (χ4v) is 4.33. The van der Waals surface area contributed by atoms with Crippen LogP contribution in [0.1, 0.15) is 21.6 Å². The number of nitrogens with zero attached hydrogens (tertiary/aromatic N) is 1. The molecule has 156 valence electrons. The number of aryl methyl sites for hydroxylation is 1. The Balaban J connectivity index is 1.90. The van der Waals surface area contributed by atoms with Crippen molar-refractivity contribution < 1.29 is 31.2 Å². The number of nitrogens with one attached hydrogen (secondary N) is 1. The number of carbonyl (C=O) groups excluding carboxylic acids is 2. The van der Waals surface area contributed by atoms with Gasteiger partial charge >= 0.3 is 12.1 Å². The number of amides is 1. The van der Waals surface area contributed by atoms with Gasteiger partial charge in [0.1, 0.15) is 5.69 Å². The van der Waals surface area contributed by atoms with Crippen LogP contribution in [-0.4, -0.2) is 30.3 Å². The van der Waals surface area contributed by atoms with E-state index in [4.69, 9.17) is 0 Å². The number of halogens is 3. The minimum absolute atomic E-state index is 0.0416. The van der Waals surface area contributed by atoms with Gasteiger partial charge in [-0.25, -0.2) is 12.4 Å². The van der Waals surface area contributed by atoms with Crippen molar-refractivity contribution in [1.29, 1.82) is 0 Å². The highest BCUT2D eigenvalue weighted by molar-refractivity contribution is 7.90. The molecule has 0 fully saturated rings. The van der Waals surface area contributed by atoms with E-state index in [9.17, 15) is 31.2 Å². The van der Waals surface area contributed by atoms with Crippen LogP contribution in [-0.2, 0) is 14.8 Å². The Morgan fingerprint density at radius 3 is 2.17 bits per heavy atom. The number of aromatic nitrogens is 1. The van der Waals surface area contributed by atoms with Gasteiger partial charge in [0.05, 0.1) is 4.90 Å². The average molecular weight is 436 g/mol. The monoisotopic (exact) mass is 436 g/mol. The van der Waals surface area contributed by atoms with Crippen LogP contribution in [0.25, 0.3) is 0 Å².